The Hall–Kier alpha value is -3.52. The summed E-state index contributed by atoms with van der Waals surface area (Å²) in [5, 5.41) is 21.4. The molecule has 0 spiro atoms. The van der Waals surface area contributed by atoms with Crippen LogP contribution in [0.15, 0.2) is 48.0 Å². The standard InChI is InChI=1S/C26H31NO7/c1-4-13-34-19-9-6-8-18(15-19)24(29)22-23(17-10-11-20(28)21(16-17)33-5-2)27(12-7-14-32-3)26(31)25(22)30/h6,8-11,15-16,23,28-29H,4-5,7,12-14H2,1-3H3. The van der Waals surface area contributed by atoms with E-state index in [2.05, 4.69) is 0 Å². The second-order valence-corrected chi connectivity index (χ2v) is 7.88. The minimum absolute atomic E-state index is 0.0248. The average Bonchev–Trinajstić information content (AvgIpc) is 3.09. The highest BCUT2D eigenvalue weighted by atomic mass is 16.5. The Bertz CT molecular complexity index is 1060. The van der Waals surface area contributed by atoms with Crippen LogP contribution in [0.1, 0.15) is 43.9 Å². The summed E-state index contributed by atoms with van der Waals surface area (Å²) in [5.74, 6) is -1.02. The molecule has 1 atom stereocenters. The van der Waals surface area contributed by atoms with Crippen molar-refractivity contribution in [3.8, 4) is 17.2 Å². The third-order valence-electron chi connectivity index (χ3n) is 5.47. The van der Waals surface area contributed by atoms with Crippen LogP contribution in [-0.4, -0.2) is 60.3 Å². The number of ketones is 1. The van der Waals surface area contributed by atoms with Crippen molar-refractivity contribution in [2.75, 3.05) is 33.5 Å². The number of aromatic hydroxyl groups is 1. The van der Waals surface area contributed by atoms with E-state index in [-0.39, 0.29) is 29.4 Å². The predicted molar refractivity (Wildman–Crippen MR) is 127 cm³/mol. The molecule has 2 aromatic carbocycles. The van der Waals surface area contributed by atoms with Gasteiger partial charge in [-0.25, -0.2) is 0 Å². The molecule has 182 valence electrons. The Balaban J connectivity index is 2.12. The van der Waals surface area contributed by atoms with Crippen LogP contribution in [-0.2, 0) is 14.3 Å². The van der Waals surface area contributed by atoms with E-state index in [0.717, 1.165) is 6.42 Å². The van der Waals surface area contributed by atoms with Gasteiger partial charge in [0.05, 0.1) is 24.8 Å². The van der Waals surface area contributed by atoms with Crippen LogP contribution in [0.25, 0.3) is 5.76 Å². The van der Waals surface area contributed by atoms with Crippen molar-refractivity contribution in [2.45, 2.75) is 32.7 Å². The van der Waals surface area contributed by atoms with Crippen molar-refractivity contribution >= 4 is 17.4 Å². The van der Waals surface area contributed by atoms with Gasteiger partial charge >= 0.3 is 0 Å². The van der Waals surface area contributed by atoms with Gasteiger partial charge < -0.3 is 29.3 Å². The number of aliphatic hydroxyl groups excluding tert-OH is 1. The molecule has 1 heterocycles. The summed E-state index contributed by atoms with van der Waals surface area (Å²) < 4.78 is 16.3. The number of benzene rings is 2. The number of methoxy groups -OCH3 is 1. The van der Waals surface area contributed by atoms with Gasteiger partial charge in [-0.1, -0.05) is 25.1 Å². The van der Waals surface area contributed by atoms with Crippen LogP contribution in [0.2, 0.25) is 0 Å². The fourth-order valence-corrected chi connectivity index (χ4v) is 3.92. The maximum Gasteiger partial charge on any atom is 0.295 e. The van der Waals surface area contributed by atoms with E-state index >= 15 is 0 Å². The highest BCUT2D eigenvalue weighted by Gasteiger charge is 2.46. The fourth-order valence-electron chi connectivity index (χ4n) is 3.92. The number of hydrogen-bond acceptors (Lipinski definition) is 7. The van der Waals surface area contributed by atoms with E-state index in [4.69, 9.17) is 14.2 Å². The Labute approximate surface area is 199 Å². The lowest BCUT2D eigenvalue weighted by Crippen LogP contribution is -2.31. The fraction of sp³-hybridized carbons (Fsp3) is 0.385. The van der Waals surface area contributed by atoms with Gasteiger partial charge in [0.2, 0.25) is 0 Å². The topological polar surface area (TPSA) is 106 Å². The van der Waals surface area contributed by atoms with Crippen molar-refractivity contribution in [2.24, 2.45) is 0 Å². The molecule has 1 unspecified atom stereocenters. The summed E-state index contributed by atoms with van der Waals surface area (Å²) >= 11 is 0. The first kappa shape index (κ1) is 25.1. The number of phenolic OH excluding ortho intramolecular Hbond substituents is 1. The molecule has 3 rings (SSSR count). The molecular formula is C26H31NO7. The maximum atomic E-state index is 13.1. The second kappa shape index (κ2) is 11.6. The van der Waals surface area contributed by atoms with Gasteiger partial charge in [-0.15, -0.1) is 0 Å². The minimum atomic E-state index is -0.850. The smallest absolute Gasteiger partial charge is 0.295 e. The van der Waals surface area contributed by atoms with Crippen LogP contribution in [0.4, 0.5) is 0 Å². The molecule has 1 fully saturated rings. The molecule has 8 heteroatoms. The molecule has 8 nitrogen and oxygen atoms in total. The number of likely N-dealkylation sites (tertiary alicyclic amines) is 1. The van der Waals surface area contributed by atoms with E-state index in [1.54, 1.807) is 50.4 Å². The van der Waals surface area contributed by atoms with E-state index in [1.165, 1.54) is 11.0 Å². The zero-order chi connectivity index (χ0) is 24.7. The molecule has 2 N–H and O–H groups in total. The number of carbonyl (C=O) groups is 2. The highest BCUT2D eigenvalue weighted by molar-refractivity contribution is 6.46. The molecule has 0 aliphatic carbocycles. The molecule has 1 saturated heterocycles. The van der Waals surface area contributed by atoms with Crippen LogP contribution in [0, 0.1) is 0 Å². The van der Waals surface area contributed by atoms with E-state index < -0.39 is 17.7 Å². The summed E-state index contributed by atoms with van der Waals surface area (Å²) in [6.07, 6.45) is 1.34. The summed E-state index contributed by atoms with van der Waals surface area (Å²) in [6, 6.07) is 10.6. The van der Waals surface area contributed by atoms with Crippen LogP contribution in [0.5, 0.6) is 17.2 Å². The zero-order valence-corrected chi connectivity index (χ0v) is 19.7. The van der Waals surface area contributed by atoms with Gasteiger partial charge in [0.1, 0.15) is 11.5 Å². The molecule has 0 aromatic heterocycles. The van der Waals surface area contributed by atoms with Gasteiger partial charge in [-0.3, -0.25) is 9.59 Å². The third-order valence-corrected chi connectivity index (χ3v) is 5.47. The highest BCUT2D eigenvalue weighted by Crippen LogP contribution is 2.42. The molecule has 1 amide bonds. The monoisotopic (exact) mass is 469 g/mol. The van der Waals surface area contributed by atoms with Crippen LogP contribution in [0.3, 0.4) is 0 Å². The number of Topliss-reactive ketones (excluding diaryl/α,β-unsaturated/α-hetero) is 1. The molecule has 34 heavy (non-hydrogen) atoms. The molecular weight excluding hydrogens is 438 g/mol. The number of carbonyl (C=O) groups excluding carboxylic acids is 2. The Morgan fingerprint density at radius 1 is 1.06 bits per heavy atom. The lowest BCUT2D eigenvalue weighted by molar-refractivity contribution is -0.140. The summed E-state index contributed by atoms with van der Waals surface area (Å²) in [7, 11) is 1.56. The number of rotatable bonds is 11. The van der Waals surface area contributed by atoms with Crippen molar-refractivity contribution in [1.29, 1.82) is 0 Å². The van der Waals surface area contributed by atoms with Crippen molar-refractivity contribution in [3.05, 3.63) is 59.2 Å². The van der Waals surface area contributed by atoms with E-state index in [1.807, 2.05) is 6.92 Å². The number of aliphatic hydroxyl groups is 1. The average molecular weight is 470 g/mol. The van der Waals surface area contributed by atoms with Gasteiger partial charge in [0, 0.05) is 25.8 Å². The Morgan fingerprint density at radius 3 is 2.56 bits per heavy atom. The van der Waals surface area contributed by atoms with Gasteiger partial charge in [0.15, 0.2) is 11.5 Å². The van der Waals surface area contributed by atoms with Crippen molar-refractivity contribution < 1.29 is 34.0 Å². The minimum Gasteiger partial charge on any atom is -0.507 e. The van der Waals surface area contributed by atoms with Gasteiger partial charge in [0.25, 0.3) is 11.7 Å². The predicted octanol–water partition coefficient (Wildman–Crippen LogP) is 4.04. The molecule has 0 saturated carbocycles. The van der Waals surface area contributed by atoms with Crippen molar-refractivity contribution in [3.63, 3.8) is 0 Å². The lowest BCUT2D eigenvalue weighted by Gasteiger charge is -2.25. The molecule has 1 aliphatic rings. The molecule has 2 aromatic rings. The number of hydrogen-bond donors (Lipinski definition) is 2. The largest absolute Gasteiger partial charge is 0.507 e. The molecule has 0 radical (unpaired) electrons. The van der Waals surface area contributed by atoms with E-state index in [9.17, 15) is 19.8 Å². The van der Waals surface area contributed by atoms with Gasteiger partial charge in [-0.05, 0) is 49.6 Å². The Morgan fingerprint density at radius 2 is 1.85 bits per heavy atom. The molecule has 1 aliphatic heterocycles. The number of amides is 1. The Kier molecular flexibility index (Phi) is 8.54. The molecule has 0 bridgehead atoms. The van der Waals surface area contributed by atoms with E-state index in [0.29, 0.717) is 43.1 Å². The first-order valence-electron chi connectivity index (χ1n) is 11.4. The zero-order valence-electron chi connectivity index (χ0n) is 19.7. The SMILES string of the molecule is CCCOc1cccc(C(O)=C2C(=O)C(=O)N(CCCOC)C2c2ccc(O)c(OCC)c2)c1. The normalized spacial score (nSPS) is 17.3. The van der Waals surface area contributed by atoms with Crippen LogP contribution < -0.4 is 9.47 Å². The van der Waals surface area contributed by atoms with Gasteiger partial charge in [-0.2, -0.15) is 0 Å². The summed E-state index contributed by atoms with van der Waals surface area (Å²) in [4.78, 5) is 27.6. The third kappa shape index (κ3) is 5.34. The number of phenols is 1. The maximum absolute atomic E-state index is 13.1. The van der Waals surface area contributed by atoms with Crippen LogP contribution >= 0.6 is 0 Å². The number of ether oxygens (including phenoxy) is 3. The van der Waals surface area contributed by atoms with Crippen molar-refractivity contribution in [1.82, 2.24) is 4.90 Å². The first-order chi connectivity index (χ1) is 16.4. The summed E-state index contributed by atoms with van der Waals surface area (Å²) in [5.41, 5.74) is 0.887. The summed E-state index contributed by atoms with van der Waals surface area (Å²) in [6.45, 7) is 5.29. The number of nitrogens with zero attached hydrogens (tertiary/aromatic N) is 1. The first-order valence-corrected chi connectivity index (χ1v) is 11.4. The lowest BCUT2D eigenvalue weighted by atomic mass is 9.95. The second-order valence-electron chi connectivity index (χ2n) is 7.88. The quantitative estimate of drug-likeness (QED) is 0.221.